The Morgan fingerprint density at radius 2 is 2.24 bits per heavy atom. The van der Waals surface area contributed by atoms with E-state index in [4.69, 9.17) is 0 Å². The van der Waals surface area contributed by atoms with E-state index >= 15 is 0 Å². The zero-order valence-electron chi connectivity index (χ0n) is 10.6. The number of amides is 3. The summed E-state index contributed by atoms with van der Waals surface area (Å²) in [6, 6.07) is -0.195. The number of rotatable bonds is 5. The van der Waals surface area contributed by atoms with Crippen molar-refractivity contribution in [1.29, 1.82) is 0 Å². The van der Waals surface area contributed by atoms with Crippen LogP contribution in [0.25, 0.3) is 0 Å². The maximum Gasteiger partial charge on any atom is 0.318 e. The van der Waals surface area contributed by atoms with Gasteiger partial charge in [-0.05, 0) is 26.7 Å². The molecule has 1 heterocycles. The molecule has 5 nitrogen and oxygen atoms in total. The van der Waals surface area contributed by atoms with Crippen molar-refractivity contribution in [2.45, 2.75) is 33.1 Å². The van der Waals surface area contributed by atoms with E-state index in [0.29, 0.717) is 13.0 Å². The lowest BCUT2D eigenvalue weighted by molar-refractivity contribution is -0.127. The summed E-state index contributed by atoms with van der Waals surface area (Å²) in [6.07, 6.45) is 4.11. The van der Waals surface area contributed by atoms with Crippen LogP contribution in [-0.2, 0) is 4.79 Å². The highest BCUT2D eigenvalue weighted by molar-refractivity contribution is 5.78. The summed E-state index contributed by atoms with van der Waals surface area (Å²) in [5, 5.41) is 5.37. The largest absolute Gasteiger partial charge is 0.343 e. The third kappa shape index (κ3) is 5.38. The Hall–Kier alpha value is -1.52. The smallest absolute Gasteiger partial charge is 0.318 e. The summed E-state index contributed by atoms with van der Waals surface area (Å²) in [5.41, 5.74) is 1.04. The molecular formula is C12H21N3O2. The van der Waals surface area contributed by atoms with Gasteiger partial charge >= 0.3 is 6.03 Å². The van der Waals surface area contributed by atoms with Gasteiger partial charge < -0.3 is 15.5 Å². The Morgan fingerprint density at radius 1 is 1.47 bits per heavy atom. The van der Waals surface area contributed by atoms with E-state index in [1.807, 2.05) is 18.7 Å². The van der Waals surface area contributed by atoms with E-state index in [2.05, 4.69) is 10.6 Å². The van der Waals surface area contributed by atoms with Gasteiger partial charge in [0, 0.05) is 32.3 Å². The zero-order chi connectivity index (χ0) is 12.7. The Morgan fingerprint density at radius 3 is 2.82 bits per heavy atom. The van der Waals surface area contributed by atoms with E-state index < -0.39 is 0 Å². The Bertz CT molecular complexity index is 309. The number of carbonyl (C=O) groups excluding carboxylic acids is 2. The standard InChI is InChI=1S/C12H21N3O2/c1-10(2)9-14-12(17)13-6-4-8-15-7-3-5-11(15)16/h9H,3-8H2,1-2H3,(H2,13,14,17). The average Bonchev–Trinajstić information content (AvgIpc) is 2.68. The molecular weight excluding hydrogens is 218 g/mol. The fraction of sp³-hybridized carbons (Fsp3) is 0.667. The normalized spacial score (nSPS) is 14.7. The molecule has 0 aromatic heterocycles. The number of hydrogen-bond acceptors (Lipinski definition) is 2. The summed E-state index contributed by atoms with van der Waals surface area (Å²) < 4.78 is 0. The molecule has 1 aliphatic heterocycles. The number of nitrogens with zero attached hydrogens (tertiary/aromatic N) is 1. The second-order valence-electron chi connectivity index (χ2n) is 4.46. The van der Waals surface area contributed by atoms with Gasteiger partial charge in [-0.25, -0.2) is 4.79 Å². The quantitative estimate of drug-likeness (QED) is 0.709. The molecule has 5 heteroatoms. The minimum absolute atomic E-state index is 0.195. The van der Waals surface area contributed by atoms with Gasteiger partial charge in [0.15, 0.2) is 0 Å². The Labute approximate surface area is 102 Å². The highest BCUT2D eigenvalue weighted by atomic mass is 16.2. The molecule has 0 saturated carbocycles. The SMILES string of the molecule is CC(C)=CNC(=O)NCCCN1CCCC1=O. The third-order valence-corrected chi connectivity index (χ3v) is 2.55. The highest BCUT2D eigenvalue weighted by Gasteiger charge is 2.18. The molecule has 0 spiro atoms. The lowest BCUT2D eigenvalue weighted by Gasteiger charge is -2.15. The first kappa shape index (κ1) is 13.5. The van der Waals surface area contributed by atoms with E-state index in [1.54, 1.807) is 6.20 Å². The van der Waals surface area contributed by atoms with Gasteiger partial charge in [-0.15, -0.1) is 0 Å². The molecule has 1 saturated heterocycles. The second-order valence-corrected chi connectivity index (χ2v) is 4.46. The van der Waals surface area contributed by atoms with Gasteiger partial charge in [-0.3, -0.25) is 4.79 Å². The summed E-state index contributed by atoms with van der Waals surface area (Å²) in [4.78, 5) is 24.4. The lowest BCUT2D eigenvalue weighted by atomic mass is 10.4. The fourth-order valence-electron chi connectivity index (χ4n) is 1.67. The molecule has 1 rings (SSSR count). The van der Waals surface area contributed by atoms with Crippen LogP contribution in [0.3, 0.4) is 0 Å². The molecule has 0 bridgehead atoms. The van der Waals surface area contributed by atoms with Crippen LogP contribution < -0.4 is 10.6 Å². The molecule has 0 radical (unpaired) electrons. The first-order valence-corrected chi connectivity index (χ1v) is 6.05. The maximum absolute atomic E-state index is 11.3. The van der Waals surface area contributed by atoms with Crippen LogP contribution in [0.4, 0.5) is 4.79 Å². The first-order chi connectivity index (χ1) is 8.09. The third-order valence-electron chi connectivity index (χ3n) is 2.55. The van der Waals surface area contributed by atoms with Crippen LogP contribution in [0, 0.1) is 0 Å². The molecule has 96 valence electrons. The minimum atomic E-state index is -0.195. The van der Waals surface area contributed by atoms with Gasteiger partial charge in [0.2, 0.25) is 5.91 Å². The van der Waals surface area contributed by atoms with E-state index in [0.717, 1.165) is 31.5 Å². The van der Waals surface area contributed by atoms with Crippen LogP contribution in [0.5, 0.6) is 0 Å². The van der Waals surface area contributed by atoms with E-state index in [-0.39, 0.29) is 11.9 Å². The van der Waals surface area contributed by atoms with E-state index in [1.165, 1.54) is 0 Å². The number of carbonyl (C=O) groups is 2. The molecule has 17 heavy (non-hydrogen) atoms. The maximum atomic E-state index is 11.3. The number of urea groups is 1. The molecule has 0 aliphatic carbocycles. The van der Waals surface area contributed by atoms with Gasteiger partial charge in [0.25, 0.3) is 0 Å². The van der Waals surface area contributed by atoms with Gasteiger partial charge in [0.05, 0.1) is 0 Å². The van der Waals surface area contributed by atoms with Crippen LogP contribution in [-0.4, -0.2) is 36.5 Å². The Kier molecular flexibility index (Phi) is 5.52. The first-order valence-electron chi connectivity index (χ1n) is 6.05. The number of likely N-dealkylation sites (tertiary alicyclic amines) is 1. The monoisotopic (exact) mass is 239 g/mol. The minimum Gasteiger partial charge on any atom is -0.343 e. The van der Waals surface area contributed by atoms with Crippen molar-refractivity contribution in [2.75, 3.05) is 19.6 Å². The molecule has 0 aromatic carbocycles. The van der Waals surface area contributed by atoms with Gasteiger partial charge in [-0.2, -0.15) is 0 Å². The number of nitrogens with one attached hydrogen (secondary N) is 2. The van der Waals surface area contributed by atoms with Crippen molar-refractivity contribution in [3.63, 3.8) is 0 Å². The zero-order valence-corrected chi connectivity index (χ0v) is 10.6. The second kappa shape index (κ2) is 6.93. The molecule has 1 fully saturated rings. The molecule has 0 unspecified atom stereocenters. The van der Waals surface area contributed by atoms with E-state index in [9.17, 15) is 9.59 Å². The average molecular weight is 239 g/mol. The van der Waals surface area contributed by atoms with Crippen molar-refractivity contribution >= 4 is 11.9 Å². The number of allylic oxidation sites excluding steroid dienone is 1. The molecule has 0 aromatic rings. The van der Waals surface area contributed by atoms with Crippen LogP contribution in [0.1, 0.15) is 33.1 Å². The van der Waals surface area contributed by atoms with Crippen LogP contribution in [0.15, 0.2) is 11.8 Å². The summed E-state index contributed by atoms with van der Waals surface area (Å²) in [5.74, 6) is 0.235. The topological polar surface area (TPSA) is 61.4 Å². The van der Waals surface area contributed by atoms with Crippen molar-refractivity contribution < 1.29 is 9.59 Å². The predicted molar refractivity (Wildman–Crippen MR) is 66.4 cm³/mol. The van der Waals surface area contributed by atoms with Crippen LogP contribution in [0.2, 0.25) is 0 Å². The predicted octanol–water partition coefficient (Wildman–Crippen LogP) is 1.22. The summed E-state index contributed by atoms with van der Waals surface area (Å²) in [6.45, 7) is 6.02. The fourth-order valence-corrected chi connectivity index (χ4v) is 1.67. The Balaban J connectivity index is 2.05. The molecule has 2 N–H and O–H groups in total. The highest BCUT2D eigenvalue weighted by Crippen LogP contribution is 2.09. The van der Waals surface area contributed by atoms with Crippen molar-refractivity contribution in [3.8, 4) is 0 Å². The number of hydrogen-bond donors (Lipinski definition) is 2. The van der Waals surface area contributed by atoms with Crippen molar-refractivity contribution in [1.82, 2.24) is 15.5 Å². The van der Waals surface area contributed by atoms with Crippen molar-refractivity contribution in [2.24, 2.45) is 0 Å². The molecule has 3 amide bonds. The van der Waals surface area contributed by atoms with Crippen LogP contribution >= 0.6 is 0 Å². The molecule has 1 aliphatic rings. The van der Waals surface area contributed by atoms with Gasteiger partial charge in [0.1, 0.15) is 0 Å². The van der Waals surface area contributed by atoms with Crippen molar-refractivity contribution in [3.05, 3.63) is 11.8 Å². The molecule has 0 atom stereocenters. The summed E-state index contributed by atoms with van der Waals surface area (Å²) in [7, 11) is 0. The summed E-state index contributed by atoms with van der Waals surface area (Å²) >= 11 is 0. The lowest BCUT2D eigenvalue weighted by Crippen LogP contribution is -2.35. The van der Waals surface area contributed by atoms with Gasteiger partial charge in [-0.1, -0.05) is 5.57 Å².